The van der Waals surface area contributed by atoms with Crippen LogP contribution in [-0.4, -0.2) is 0 Å². The Labute approximate surface area is 111 Å². The van der Waals surface area contributed by atoms with Crippen LogP contribution in [0.25, 0.3) is 0 Å². The highest BCUT2D eigenvalue weighted by molar-refractivity contribution is 7.98. The number of halogens is 1. The van der Waals surface area contributed by atoms with Crippen molar-refractivity contribution in [1.82, 2.24) is 0 Å². The maximum atomic E-state index is 5.96. The molecule has 2 rings (SSSR count). The second-order valence-electron chi connectivity index (χ2n) is 3.90. The van der Waals surface area contributed by atoms with Gasteiger partial charge in [-0.1, -0.05) is 35.9 Å². The summed E-state index contributed by atoms with van der Waals surface area (Å²) in [5, 5.41) is 0.728. The summed E-state index contributed by atoms with van der Waals surface area (Å²) in [5.74, 6) is 0.914. The molecule has 0 aromatic heterocycles. The minimum atomic E-state index is 0.728. The van der Waals surface area contributed by atoms with Crippen molar-refractivity contribution in [3.8, 4) is 0 Å². The number of rotatable bonds is 3. The number of aryl methyl sites for hydroxylation is 1. The van der Waals surface area contributed by atoms with Crippen molar-refractivity contribution in [2.75, 3.05) is 5.73 Å². The molecule has 17 heavy (non-hydrogen) atoms. The Kier molecular flexibility index (Phi) is 3.97. The summed E-state index contributed by atoms with van der Waals surface area (Å²) in [4.78, 5) is 1.04. The first kappa shape index (κ1) is 12.3. The number of nitrogens with two attached hydrogens (primary N) is 1. The zero-order valence-corrected chi connectivity index (χ0v) is 11.2. The van der Waals surface area contributed by atoms with E-state index in [0.29, 0.717) is 0 Å². The molecule has 0 spiro atoms. The van der Waals surface area contributed by atoms with Gasteiger partial charge >= 0.3 is 0 Å². The van der Waals surface area contributed by atoms with Gasteiger partial charge in [0.25, 0.3) is 0 Å². The first-order valence-electron chi connectivity index (χ1n) is 5.39. The fourth-order valence-electron chi connectivity index (χ4n) is 1.56. The third kappa shape index (κ3) is 3.18. The molecule has 0 bridgehead atoms. The molecule has 0 aliphatic carbocycles. The van der Waals surface area contributed by atoms with E-state index in [4.69, 9.17) is 17.3 Å². The van der Waals surface area contributed by atoms with E-state index in [1.807, 2.05) is 18.2 Å². The number of benzene rings is 2. The molecule has 2 aromatic rings. The molecule has 88 valence electrons. The highest BCUT2D eigenvalue weighted by Gasteiger charge is 2.03. The predicted molar refractivity (Wildman–Crippen MR) is 76.6 cm³/mol. The lowest BCUT2D eigenvalue weighted by atomic mass is 10.1. The van der Waals surface area contributed by atoms with Crippen molar-refractivity contribution in [2.24, 2.45) is 0 Å². The van der Waals surface area contributed by atoms with Gasteiger partial charge in [0, 0.05) is 21.4 Å². The Bertz CT molecular complexity index is 525. The van der Waals surface area contributed by atoms with E-state index in [1.165, 1.54) is 11.1 Å². The largest absolute Gasteiger partial charge is 0.398 e. The van der Waals surface area contributed by atoms with Crippen LogP contribution in [0.2, 0.25) is 5.02 Å². The summed E-state index contributed by atoms with van der Waals surface area (Å²) < 4.78 is 0. The normalized spacial score (nSPS) is 10.5. The van der Waals surface area contributed by atoms with Crippen LogP contribution in [-0.2, 0) is 5.75 Å². The summed E-state index contributed by atoms with van der Waals surface area (Å²) in [5.41, 5.74) is 9.33. The SMILES string of the molecule is Cc1ccccc1CSc1cc(Cl)ccc1N. The molecule has 0 aliphatic rings. The molecule has 0 radical (unpaired) electrons. The van der Waals surface area contributed by atoms with E-state index in [0.717, 1.165) is 21.4 Å². The zero-order valence-electron chi connectivity index (χ0n) is 9.61. The molecule has 0 amide bonds. The Hall–Kier alpha value is -1.12. The third-order valence-corrected chi connectivity index (χ3v) is 3.98. The highest BCUT2D eigenvalue weighted by atomic mass is 35.5. The molecule has 0 saturated carbocycles. The van der Waals surface area contributed by atoms with Gasteiger partial charge in [0.1, 0.15) is 0 Å². The van der Waals surface area contributed by atoms with Crippen molar-refractivity contribution in [1.29, 1.82) is 0 Å². The molecule has 2 N–H and O–H groups in total. The van der Waals surface area contributed by atoms with Gasteiger partial charge in [0.05, 0.1) is 0 Å². The summed E-state index contributed by atoms with van der Waals surface area (Å²) in [7, 11) is 0. The number of hydrogen-bond donors (Lipinski definition) is 1. The second-order valence-corrected chi connectivity index (χ2v) is 5.35. The maximum absolute atomic E-state index is 5.96. The first-order chi connectivity index (χ1) is 8.16. The van der Waals surface area contributed by atoms with Gasteiger partial charge in [0.2, 0.25) is 0 Å². The van der Waals surface area contributed by atoms with Gasteiger partial charge in [-0.25, -0.2) is 0 Å². The molecule has 2 aromatic carbocycles. The highest BCUT2D eigenvalue weighted by Crippen LogP contribution is 2.31. The number of anilines is 1. The smallest absolute Gasteiger partial charge is 0.0453 e. The monoisotopic (exact) mass is 263 g/mol. The molecule has 0 atom stereocenters. The van der Waals surface area contributed by atoms with Crippen molar-refractivity contribution < 1.29 is 0 Å². The van der Waals surface area contributed by atoms with E-state index in [9.17, 15) is 0 Å². The summed E-state index contributed by atoms with van der Waals surface area (Å²) in [6.45, 7) is 2.12. The lowest BCUT2D eigenvalue weighted by molar-refractivity contribution is 1.30. The van der Waals surface area contributed by atoms with Gasteiger partial charge in [-0.3, -0.25) is 0 Å². The standard InChI is InChI=1S/C14H14ClNS/c1-10-4-2-3-5-11(10)9-17-14-8-12(15)6-7-13(14)16/h2-8H,9,16H2,1H3. The summed E-state index contributed by atoms with van der Waals surface area (Å²) >= 11 is 7.68. The van der Waals surface area contributed by atoms with Crippen LogP contribution >= 0.6 is 23.4 Å². The molecule has 0 unspecified atom stereocenters. The molecule has 0 saturated heterocycles. The van der Waals surface area contributed by atoms with Crippen LogP contribution in [0, 0.1) is 6.92 Å². The van der Waals surface area contributed by atoms with Gasteiger partial charge in [0.15, 0.2) is 0 Å². The maximum Gasteiger partial charge on any atom is 0.0453 e. The van der Waals surface area contributed by atoms with E-state index >= 15 is 0 Å². The molecular formula is C14H14ClNS. The van der Waals surface area contributed by atoms with Crippen LogP contribution < -0.4 is 5.73 Å². The molecule has 0 heterocycles. The van der Waals surface area contributed by atoms with E-state index < -0.39 is 0 Å². The lowest BCUT2D eigenvalue weighted by Gasteiger charge is -2.07. The van der Waals surface area contributed by atoms with Crippen molar-refractivity contribution in [2.45, 2.75) is 17.6 Å². The fraction of sp³-hybridized carbons (Fsp3) is 0.143. The van der Waals surface area contributed by atoms with Crippen LogP contribution in [0.4, 0.5) is 5.69 Å². The second kappa shape index (κ2) is 5.48. The lowest BCUT2D eigenvalue weighted by Crippen LogP contribution is -1.90. The van der Waals surface area contributed by atoms with Crippen LogP contribution in [0.5, 0.6) is 0 Å². The average Bonchev–Trinajstić information content (AvgIpc) is 2.32. The van der Waals surface area contributed by atoms with Gasteiger partial charge < -0.3 is 5.73 Å². The van der Waals surface area contributed by atoms with Gasteiger partial charge in [-0.05, 0) is 36.2 Å². The first-order valence-corrected chi connectivity index (χ1v) is 6.75. The summed E-state index contributed by atoms with van der Waals surface area (Å²) in [6.07, 6.45) is 0. The fourth-order valence-corrected chi connectivity index (χ4v) is 2.88. The Morgan fingerprint density at radius 3 is 2.71 bits per heavy atom. The molecule has 0 fully saturated rings. The summed E-state index contributed by atoms with van der Waals surface area (Å²) in [6, 6.07) is 14.0. The molecule has 3 heteroatoms. The average molecular weight is 264 g/mol. The Balaban J connectivity index is 2.12. The van der Waals surface area contributed by atoms with Crippen molar-refractivity contribution in [3.63, 3.8) is 0 Å². The van der Waals surface area contributed by atoms with E-state index in [2.05, 4.69) is 31.2 Å². The molecular weight excluding hydrogens is 250 g/mol. The Morgan fingerprint density at radius 2 is 1.94 bits per heavy atom. The minimum Gasteiger partial charge on any atom is -0.398 e. The number of hydrogen-bond acceptors (Lipinski definition) is 2. The number of thioether (sulfide) groups is 1. The quantitative estimate of drug-likeness (QED) is 0.651. The van der Waals surface area contributed by atoms with Crippen LogP contribution in [0.15, 0.2) is 47.4 Å². The molecule has 0 aliphatic heterocycles. The van der Waals surface area contributed by atoms with Gasteiger partial charge in [-0.15, -0.1) is 11.8 Å². The third-order valence-electron chi connectivity index (χ3n) is 2.62. The van der Waals surface area contributed by atoms with Crippen LogP contribution in [0.3, 0.4) is 0 Å². The van der Waals surface area contributed by atoms with Crippen molar-refractivity contribution >= 4 is 29.1 Å². The predicted octanol–water partition coefficient (Wildman–Crippen LogP) is 4.52. The van der Waals surface area contributed by atoms with Gasteiger partial charge in [-0.2, -0.15) is 0 Å². The van der Waals surface area contributed by atoms with E-state index in [1.54, 1.807) is 11.8 Å². The van der Waals surface area contributed by atoms with Crippen LogP contribution in [0.1, 0.15) is 11.1 Å². The minimum absolute atomic E-state index is 0.728. The topological polar surface area (TPSA) is 26.0 Å². The van der Waals surface area contributed by atoms with Crippen molar-refractivity contribution in [3.05, 3.63) is 58.6 Å². The molecule has 1 nitrogen and oxygen atoms in total. The van der Waals surface area contributed by atoms with E-state index in [-0.39, 0.29) is 0 Å². The zero-order chi connectivity index (χ0) is 12.3. The number of nitrogen functional groups attached to an aromatic ring is 1. The Morgan fingerprint density at radius 1 is 1.18 bits per heavy atom.